The highest BCUT2D eigenvalue weighted by Crippen LogP contribution is 2.20. The van der Waals surface area contributed by atoms with Gasteiger partial charge < -0.3 is 10.4 Å². The smallest absolute Gasteiger partial charge is 0.321 e. The van der Waals surface area contributed by atoms with Gasteiger partial charge in [-0.3, -0.25) is 19.8 Å². The fourth-order valence-corrected chi connectivity index (χ4v) is 2.51. The largest absolute Gasteiger partial charge is 0.481 e. The van der Waals surface area contributed by atoms with E-state index in [-0.39, 0.29) is 18.9 Å². The summed E-state index contributed by atoms with van der Waals surface area (Å²) in [6, 6.07) is -0.457. The summed E-state index contributed by atoms with van der Waals surface area (Å²) in [7, 11) is 0. The SMILES string of the molecule is CCCNC(=O)NC(=O)CN1CCCC(CCC(=O)O)C1. The lowest BCUT2D eigenvalue weighted by Crippen LogP contribution is -2.47. The van der Waals surface area contributed by atoms with E-state index in [9.17, 15) is 14.4 Å². The number of likely N-dealkylation sites (tertiary alicyclic amines) is 1. The molecule has 0 spiro atoms. The zero-order chi connectivity index (χ0) is 15.7. The lowest BCUT2D eigenvalue weighted by molar-refractivity contribution is -0.137. The number of amides is 3. The number of urea groups is 1. The molecule has 3 amide bonds. The number of piperidine rings is 1. The van der Waals surface area contributed by atoms with Crippen LogP contribution in [0.1, 0.15) is 39.0 Å². The van der Waals surface area contributed by atoms with Crippen LogP contribution in [0.5, 0.6) is 0 Å². The summed E-state index contributed by atoms with van der Waals surface area (Å²) >= 11 is 0. The second-order valence-corrected chi connectivity index (χ2v) is 5.48. The van der Waals surface area contributed by atoms with Crippen molar-refractivity contribution in [3.05, 3.63) is 0 Å². The van der Waals surface area contributed by atoms with Crippen LogP contribution < -0.4 is 10.6 Å². The van der Waals surface area contributed by atoms with Crippen molar-refractivity contribution >= 4 is 17.9 Å². The molecule has 0 aromatic rings. The van der Waals surface area contributed by atoms with Gasteiger partial charge >= 0.3 is 12.0 Å². The molecule has 1 fully saturated rings. The molecule has 3 N–H and O–H groups in total. The number of carboxylic acid groups (broad SMARTS) is 1. The second kappa shape index (κ2) is 9.33. The van der Waals surface area contributed by atoms with Crippen LogP contribution in [0.25, 0.3) is 0 Å². The van der Waals surface area contributed by atoms with Crippen molar-refractivity contribution in [3.8, 4) is 0 Å². The first-order valence-corrected chi connectivity index (χ1v) is 7.53. The highest BCUT2D eigenvalue weighted by Gasteiger charge is 2.22. The number of nitrogens with one attached hydrogen (secondary N) is 2. The van der Waals surface area contributed by atoms with E-state index in [1.165, 1.54) is 0 Å². The van der Waals surface area contributed by atoms with Gasteiger partial charge in [0.25, 0.3) is 0 Å². The van der Waals surface area contributed by atoms with Crippen molar-refractivity contribution in [2.75, 3.05) is 26.2 Å². The zero-order valence-electron chi connectivity index (χ0n) is 12.6. The lowest BCUT2D eigenvalue weighted by Gasteiger charge is -2.31. The molecule has 1 atom stereocenters. The fourth-order valence-electron chi connectivity index (χ4n) is 2.51. The summed E-state index contributed by atoms with van der Waals surface area (Å²) in [5.74, 6) is -0.781. The predicted molar refractivity (Wildman–Crippen MR) is 77.9 cm³/mol. The molecule has 0 radical (unpaired) electrons. The van der Waals surface area contributed by atoms with Crippen molar-refractivity contribution < 1.29 is 19.5 Å². The first-order chi connectivity index (χ1) is 10.0. The van der Waals surface area contributed by atoms with E-state index in [1.54, 1.807) is 0 Å². The molecule has 1 aliphatic rings. The molecule has 1 saturated heterocycles. The number of carboxylic acids is 1. The van der Waals surface area contributed by atoms with Gasteiger partial charge in [-0.25, -0.2) is 4.79 Å². The topological polar surface area (TPSA) is 98.7 Å². The molecule has 7 nitrogen and oxygen atoms in total. The number of nitrogens with zero attached hydrogens (tertiary/aromatic N) is 1. The molecule has 120 valence electrons. The van der Waals surface area contributed by atoms with Crippen molar-refractivity contribution in [1.82, 2.24) is 15.5 Å². The summed E-state index contributed by atoms with van der Waals surface area (Å²) in [5, 5.41) is 13.6. The molecular weight excluding hydrogens is 274 g/mol. The average molecular weight is 299 g/mol. The van der Waals surface area contributed by atoms with E-state index < -0.39 is 12.0 Å². The van der Waals surface area contributed by atoms with Gasteiger partial charge in [0.05, 0.1) is 6.54 Å². The monoisotopic (exact) mass is 299 g/mol. The molecule has 0 aliphatic carbocycles. The van der Waals surface area contributed by atoms with Crippen molar-refractivity contribution in [2.24, 2.45) is 5.92 Å². The van der Waals surface area contributed by atoms with Gasteiger partial charge in [-0.2, -0.15) is 0 Å². The molecule has 0 aromatic heterocycles. The molecule has 0 aromatic carbocycles. The molecule has 1 rings (SSSR count). The van der Waals surface area contributed by atoms with Crippen LogP contribution in [0.3, 0.4) is 0 Å². The quantitative estimate of drug-likeness (QED) is 0.646. The normalized spacial score (nSPS) is 19.0. The number of carbonyl (C=O) groups excluding carboxylic acids is 2. The van der Waals surface area contributed by atoms with Gasteiger partial charge in [0.2, 0.25) is 5.91 Å². The first-order valence-electron chi connectivity index (χ1n) is 7.53. The minimum absolute atomic E-state index is 0.171. The van der Waals surface area contributed by atoms with Crippen molar-refractivity contribution in [3.63, 3.8) is 0 Å². The van der Waals surface area contributed by atoms with Crippen LogP contribution in [0.4, 0.5) is 4.79 Å². The maximum atomic E-state index is 11.7. The minimum Gasteiger partial charge on any atom is -0.481 e. The van der Waals surface area contributed by atoms with E-state index in [0.29, 0.717) is 18.9 Å². The molecule has 7 heteroatoms. The van der Waals surface area contributed by atoms with Gasteiger partial charge in [0.15, 0.2) is 0 Å². The van der Waals surface area contributed by atoms with Gasteiger partial charge in [-0.1, -0.05) is 6.92 Å². The van der Waals surface area contributed by atoms with Crippen molar-refractivity contribution in [1.29, 1.82) is 0 Å². The summed E-state index contributed by atoms with van der Waals surface area (Å²) in [5.41, 5.74) is 0. The van der Waals surface area contributed by atoms with Crippen molar-refractivity contribution in [2.45, 2.75) is 39.0 Å². The molecule has 0 bridgehead atoms. The molecule has 0 saturated carbocycles. The molecular formula is C14H25N3O4. The number of aliphatic carboxylic acids is 1. The molecule has 21 heavy (non-hydrogen) atoms. The van der Waals surface area contributed by atoms with E-state index >= 15 is 0 Å². The third-order valence-corrected chi connectivity index (χ3v) is 3.53. The number of hydrogen-bond acceptors (Lipinski definition) is 4. The van der Waals surface area contributed by atoms with E-state index in [2.05, 4.69) is 10.6 Å². The molecule has 1 unspecified atom stereocenters. The maximum absolute atomic E-state index is 11.7. The molecule has 1 aliphatic heterocycles. The Bertz CT molecular complexity index is 373. The van der Waals surface area contributed by atoms with Gasteiger partial charge in [-0.15, -0.1) is 0 Å². The number of rotatable bonds is 7. The standard InChI is InChI=1S/C14H25N3O4/c1-2-7-15-14(21)16-12(18)10-17-8-3-4-11(9-17)5-6-13(19)20/h11H,2-10H2,1H3,(H,19,20)(H2,15,16,18,21). The van der Waals surface area contributed by atoms with Gasteiger partial charge in [-0.05, 0) is 38.1 Å². The predicted octanol–water partition coefficient (Wildman–Crippen LogP) is 0.799. The Morgan fingerprint density at radius 2 is 2.10 bits per heavy atom. The lowest BCUT2D eigenvalue weighted by atomic mass is 9.93. The Kier molecular flexibility index (Phi) is 7.74. The van der Waals surface area contributed by atoms with Crippen LogP contribution in [-0.2, 0) is 9.59 Å². The summed E-state index contributed by atoms with van der Waals surface area (Å²) in [4.78, 5) is 35.7. The van der Waals surface area contributed by atoms with Crippen LogP contribution in [-0.4, -0.2) is 54.1 Å². The molecule has 1 heterocycles. The van der Waals surface area contributed by atoms with E-state index in [1.807, 2.05) is 11.8 Å². The van der Waals surface area contributed by atoms with E-state index in [4.69, 9.17) is 5.11 Å². The maximum Gasteiger partial charge on any atom is 0.321 e. The third kappa shape index (κ3) is 7.65. The highest BCUT2D eigenvalue weighted by atomic mass is 16.4. The average Bonchev–Trinajstić information content (AvgIpc) is 2.43. The summed E-state index contributed by atoms with van der Waals surface area (Å²) < 4.78 is 0. The Hall–Kier alpha value is -1.63. The second-order valence-electron chi connectivity index (χ2n) is 5.48. The number of hydrogen-bond donors (Lipinski definition) is 3. The van der Waals surface area contributed by atoms with Crippen LogP contribution >= 0.6 is 0 Å². The van der Waals surface area contributed by atoms with Gasteiger partial charge in [0.1, 0.15) is 0 Å². The Morgan fingerprint density at radius 1 is 1.33 bits per heavy atom. The Balaban J connectivity index is 2.28. The highest BCUT2D eigenvalue weighted by molar-refractivity contribution is 5.95. The number of carbonyl (C=O) groups is 3. The first kappa shape index (κ1) is 17.4. The Morgan fingerprint density at radius 3 is 2.76 bits per heavy atom. The summed E-state index contributed by atoms with van der Waals surface area (Å²) in [6.07, 6.45) is 3.59. The minimum atomic E-state index is -0.780. The third-order valence-electron chi connectivity index (χ3n) is 3.53. The summed E-state index contributed by atoms with van der Waals surface area (Å²) in [6.45, 7) is 4.20. The van der Waals surface area contributed by atoms with Crippen LogP contribution in [0.15, 0.2) is 0 Å². The van der Waals surface area contributed by atoms with Crippen LogP contribution in [0, 0.1) is 5.92 Å². The van der Waals surface area contributed by atoms with E-state index in [0.717, 1.165) is 32.4 Å². The zero-order valence-corrected chi connectivity index (χ0v) is 12.6. The van der Waals surface area contributed by atoms with Crippen LogP contribution in [0.2, 0.25) is 0 Å². The van der Waals surface area contributed by atoms with Gasteiger partial charge in [0, 0.05) is 19.5 Å². The Labute approximate surface area is 125 Å². The fraction of sp³-hybridized carbons (Fsp3) is 0.786. The number of imide groups is 1.